The third-order valence-electron chi connectivity index (χ3n) is 4.77. The molecule has 0 bridgehead atoms. The molecule has 1 heterocycles. The summed E-state index contributed by atoms with van der Waals surface area (Å²) >= 11 is 0. The fraction of sp³-hybridized carbons (Fsp3) is 0.250. The smallest absolute Gasteiger partial charge is 0.209 e. The molecule has 0 fully saturated rings. The topological polar surface area (TPSA) is 36.9 Å². The van der Waals surface area contributed by atoms with Crippen LogP contribution in [0.5, 0.6) is 11.5 Å². The van der Waals surface area contributed by atoms with E-state index in [4.69, 9.17) is 18.9 Å². The van der Waals surface area contributed by atoms with Crippen molar-refractivity contribution in [3.63, 3.8) is 0 Å². The van der Waals surface area contributed by atoms with Crippen molar-refractivity contribution in [1.29, 1.82) is 0 Å². The van der Waals surface area contributed by atoms with Gasteiger partial charge in [-0.15, -0.1) is 0 Å². The molecule has 0 N–H and O–H groups in total. The summed E-state index contributed by atoms with van der Waals surface area (Å²) in [6.45, 7) is 1.74. The Morgan fingerprint density at radius 1 is 0.621 bits per heavy atom. The minimum absolute atomic E-state index is 0.242. The molecule has 0 aliphatic carbocycles. The van der Waals surface area contributed by atoms with Gasteiger partial charge in [0.1, 0.15) is 10.9 Å². The molecule has 1 aliphatic rings. The zero-order chi connectivity index (χ0) is 20.2. The molecule has 3 aromatic carbocycles. The maximum atomic E-state index is 6.34. The molecule has 0 radical (unpaired) electrons. The van der Waals surface area contributed by atoms with Gasteiger partial charge in [0.15, 0.2) is 16.4 Å². The van der Waals surface area contributed by atoms with E-state index < -0.39 is 0 Å². The highest BCUT2D eigenvalue weighted by molar-refractivity contribution is 7.97. The van der Waals surface area contributed by atoms with Crippen molar-refractivity contribution >= 4 is 10.9 Å². The second kappa shape index (κ2) is 9.01. The number of hydrogen-bond acceptors (Lipinski definition) is 4. The molecule has 0 aromatic heterocycles. The summed E-state index contributed by atoms with van der Waals surface area (Å²) in [4.78, 5) is 3.64. The first-order chi connectivity index (χ1) is 14.2. The van der Waals surface area contributed by atoms with Gasteiger partial charge < -0.3 is 18.9 Å². The number of ether oxygens (including phenoxy) is 4. The van der Waals surface area contributed by atoms with E-state index in [0.717, 1.165) is 22.6 Å². The van der Waals surface area contributed by atoms with Crippen LogP contribution in [0.1, 0.15) is 16.7 Å². The SMILES string of the molecule is COCc1ccc([S+]2c3ccc(COC)cc3Oc3cc(COC)ccc32)cc1. The third kappa shape index (κ3) is 4.19. The van der Waals surface area contributed by atoms with Gasteiger partial charge in [-0.25, -0.2) is 0 Å². The number of methoxy groups -OCH3 is 3. The van der Waals surface area contributed by atoms with Crippen molar-refractivity contribution in [1.82, 2.24) is 0 Å². The molecular formula is C24H25O4S+. The van der Waals surface area contributed by atoms with Crippen LogP contribution in [-0.4, -0.2) is 21.3 Å². The average Bonchev–Trinajstić information content (AvgIpc) is 2.73. The van der Waals surface area contributed by atoms with Crippen molar-refractivity contribution in [2.24, 2.45) is 0 Å². The number of rotatable bonds is 7. The molecule has 0 saturated carbocycles. The molecule has 3 aromatic rings. The Hall–Kier alpha value is -2.31. The van der Waals surface area contributed by atoms with E-state index in [1.807, 2.05) is 0 Å². The number of fused-ring (bicyclic) bond motifs is 2. The van der Waals surface area contributed by atoms with E-state index in [1.165, 1.54) is 20.2 Å². The third-order valence-corrected chi connectivity index (χ3v) is 7.07. The molecule has 0 amide bonds. The first-order valence-corrected chi connectivity index (χ1v) is 10.7. The van der Waals surface area contributed by atoms with Gasteiger partial charge >= 0.3 is 0 Å². The highest BCUT2D eigenvalue weighted by Crippen LogP contribution is 2.47. The molecule has 1 aliphatic heterocycles. The zero-order valence-corrected chi connectivity index (χ0v) is 17.8. The molecule has 0 unspecified atom stereocenters. The van der Waals surface area contributed by atoms with Gasteiger partial charge in [0.2, 0.25) is 9.79 Å². The molecule has 0 atom stereocenters. The van der Waals surface area contributed by atoms with E-state index in [2.05, 4.69) is 60.7 Å². The summed E-state index contributed by atoms with van der Waals surface area (Å²) in [7, 11) is 4.89. The quantitative estimate of drug-likeness (QED) is 0.387. The molecule has 150 valence electrons. The van der Waals surface area contributed by atoms with Crippen molar-refractivity contribution in [2.45, 2.75) is 34.5 Å². The lowest BCUT2D eigenvalue weighted by Crippen LogP contribution is -2.13. The lowest BCUT2D eigenvalue weighted by molar-refractivity contribution is 0.184. The van der Waals surface area contributed by atoms with Gasteiger partial charge in [-0.1, -0.05) is 24.3 Å². The summed E-state index contributed by atoms with van der Waals surface area (Å²) in [5.41, 5.74) is 3.36. The van der Waals surface area contributed by atoms with E-state index in [-0.39, 0.29) is 10.9 Å². The van der Waals surface area contributed by atoms with Crippen LogP contribution in [0.4, 0.5) is 0 Å². The molecule has 0 saturated heterocycles. The molecular weight excluding hydrogens is 384 g/mol. The van der Waals surface area contributed by atoms with Gasteiger partial charge in [0, 0.05) is 21.3 Å². The van der Waals surface area contributed by atoms with Crippen molar-refractivity contribution in [3.8, 4) is 11.5 Å². The fourth-order valence-electron chi connectivity index (χ4n) is 3.49. The Labute approximate surface area is 174 Å². The summed E-state index contributed by atoms with van der Waals surface area (Å²) in [6, 6.07) is 21.4. The molecule has 0 spiro atoms. The van der Waals surface area contributed by atoms with Gasteiger partial charge in [-0.3, -0.25) is 0 Å². The second-order valence-corrected chi connectivity index (χ2v) is 8.88. The molecule has 4 nitrogen and oxygen atoms in total. The fourth-order valence-corrected chi connectivity index (χ4v) is 5.66. The predicted octanol–water partition coefficient (Wildman–Crippen LogP) is 5.33. The predicted molar refractivity (Wildman–Crippen MR) is 114 cm³/mol. The lowest BCUT2D eigenvalue weighted by Gasteiger charge is -2.21. The van der Waals surface area contributed by atoms with E-state index in [9.17, 15) is 0 Å². The number of hydrogen-bond donors (Lipinski definition) is 0. The average molecular weight is 410 g/mol. The van der Waals surface area contributed by atoms with Crippen LogP contribution in [0.3, 0.4) is 0 Å². The van der Waals surface area contributed by atoms with E-state index >= 15 is 0 Å². The standard InChI is InChI=1S/C24H25O4S/c1-25-14-17-4-8-20(9-5-17)29-23-10-6-18(15-26-2)12-21(23)28-22-13-19(16-27-3)7-11-24(22)29/h4-13H,14-16H2,1-3H3/q+1. The summed E-state index contributed by atoms with van der Waals surface area (Å²) < 4.78 is 22.2. The normalized spacial score (nSPS) is 12.9. The Kier molecular flexibility index (Phi) is 6.21. The zero-order valence-electron chi connectivity index (χ0n) is 16.9. The van der Waals surface area contributed by atoms with Crippen molar-refractivity contribution in [2.75, 3.05) is 21.3 Å². The number of benzene rings is 3. The Balaban J connectivity index is 1.80. The minimum Gasteiger partial charge on any atom is -0.447 e. The van der Waals surface area contributed by atoms with Gasteiger partial charge in [-0.2, -0.15) is 0 Å². The highest BCUT2D eigenvalue weighted by Gasteiger charge is 2.39. The van der Waals surface area contributed by atoms with Crippen molar-refractivity contribution in [3.05, 3.63) is 77.4 Å². The van der Waals surface area contributed by atoms with E-state index in [0.29, 0.717) is 19.8 Å². The first kappa shape index (κ1) is 20.0. The molecule has 4 rings (SSSR count). The van der Waals surface area contributed by atoms with Gasteiger partial charge in [0.25, 0.3) is 0 Å². The maximum Gasteiger partial charge on any atom is 0.209 e. The Morgan fingerprint density at radius 3 is 1.55 bits per heavy atom. The minimum atomic E-state index is -0.242. The maximum absolute atomic E-state index is 6.34. The van der Waals surface area contributed by atoms with Gasteiger partial charge in [-0.05, 0) is 53.1 Å². The summed E-state index contributed by atoms with van der Waals surface area (Å²) in [5, 5.41) is 0. The van der Waals surface area contributed by atoms with E-state index in [1.54, 1.807) is 21.3 Å². The van der Waals surface area contributed by atoms with Crippen LogP contribution in [-0.2, 0) is 44.9 Å². The van der Waals surface area contributed by atoms with Gasteiger partial charge in [0.05, 0.1) is 19.8 Å². The summed E-state index contributed by atoms with van der Waals surface area (Å²) in [5.74, 6) is 1.79. The Bertz CT molecular complexity index is 929. The molecule has 5 heteroatoms. The van der Waals surface area contributed by atoms with Crippen LogP contribution < -0.4 is 4.74 Å². The first-order valence-electron chi connectivity index (χ1n) is 9.47. The monoisotopic (exact) mass is 409 g/mol. The summed E-state index contributed by atoms with van der Waals surface area (Å²) in [6.07, 6.45) is 0. The Morgan fingerprint density at radius 2 is 1.07 bits per heavy atom. The van der Waals surface area contributed by atoms with Crippen LogP contribution in [0.15, 0.2) is 75.4 Å². The van der Waals surface area contributed by atoms with Crippen LogP contribution >= 0.6 is 0 Å². The van der Waals surface area contributed by atoms with Crippen LogP contribution in [0, 0.1) is 0 Å². The molecule has 29 heavy (non-hydrogen) atoms. The van der Waals surface area contributed by atoms with Crippen LogP contribution in [0.25, 0.3) is 0 Å². The van der Waals surface area contributed by atoms with Crippen molar-refractivity contribution < 1.29 is 18.9 Å². The lowest BCUT2D eigenvalue weighted by atomic mass is 10.2. The largest absolute Gasteiger partial charge is 0.447 e. The van der Waals surface area contributed by atoms with Crippen LogP contribution in [0.2, 0.25) is 0 Å². The second-order valence-electron chi connectivity index (χ2n) is 6.91. The highest BCUT2D eigenvalue weighted by atomic mass is 32.2.